The third-order valence-corrected chi connectivity index (χ3v) is 4.28. The molecule has 42 heavy (non-hydrogen) atoms. The third kappa shape index (κ3) is 29.8. The average Bonchev–Trinajstić information content (AvgIpc) is 2.47. The molecule has 0 fully saturated rings. The Morgan fingerprint density at radius 1 is 0.333 bits per heavy atom. The van der Waals surface area contributed by atoms with E-state index in [0.717, 1.165) is 0 Å². The van der Waals surface area contributed by atoms with E-state index in [2.05, 4.69) is 0 Å². The second-order valence-electron chi connectivity index (χ2n) is 4.52. The molecular weight excluding hydrogens is 876 g/mol. The molecule has 250 valence electrons. The van der Waals surface area contributed by atoms with E-state index in [-0.39, 0.29) is 39.0 Å². The minimum atomic E-state index is -6.09. The molecule has 0 aliphatic heterocycles. The molecule has 0 unspecified atom stereocenters. The molecule has 0 aromatic rings. The second-order valence-corrected chi connectivity index (χ2v) is 11.4. The molecule has 0 radical (unpaired) electrons. The van der Waals surface area contributed by atoms with Gasteiger partial charge in [0.2, 0.25) is 0 Å². The summed E-state index contributed by atoms with van der Waals surface area (Å²) in [4.78, 5) is 0. The summed E-state index contributed by atoms with van der Waals surface area (Å²) in [5.74, 6) is 0. The van der Waals surface area contributed by atoms with Gasteiger partial charge in [-0.25, -0.2) is 33.7 Å². The van der Waals surface area contributed by atoms with E-state index < -0.39 is 78.1 Å². The quantitative estimate of drug-likeness (QED) is 0.151. The van der Waals surface area contributed by atoms with Crippen LogP contribution in [0, 0.1) is 0 Å². The number of rotatable bonds is 0. The van der Waals surface area contributed by atoms with Gasteiger partial charge in [-0.15, -0.1) is 0 Å². The van der Waals surface area contributed by atoms with Gasteiger partial charge in [-0.3, -0.25) is 4.55 Å². The van der Waals surface area contributed by atoms with Crippen LogP contribution in [0.15, 0.2) is 0 Å². The monoisotopic (exact) mass is 874 g/mol. The Kier molecular flexibility index (Phi) is 24.6. The Labute approximate surface area is 247 Å². The van der Waals surface area contributed by atoms with E-state index in [0.29, 0.717) is 0 Å². The average molecular weight is 877 g/mol. The van der Waals surface area contributed by atoms with Crippen molar-refractivity contribution < 1.29 is 170 Å². The molecule has 0 amide bonds. The molecule has 0 saturated carbocycles. The summed E-state index contributed by atoms with van der Waals surface area (Å²) in [5, 5.41) is 0. The minimum absolute atomic E-state index is 0. The summed E-state index contributed by atoms with van der Waals surface area (Å²) in [7, 11) is -30.2. The van der Waals surface area contributed by atoms with Crippen LogP contribution in [0.25, 0.3) is 0 Å². The molecule has 0 aromatic heterocycles. The van der Waals surface area contributed by atoms with Crippen LogP contribution in [0.3, 0.4) is 0 Å². The Hall–Kier alpha value is -0.253. The Balaban J connectivity index is -0.0000000721. The molecule has 0 aromatic carbocycles. The van der Waals surface area contributed by atoms with Crippen molar-refractivity contribution in [3.63, 3.8) is 0 Å². The molecule has 0 saturated heterocycles. The first-order chi connectivity index (χ1) is 16.2. The van der Waals surface area contributed by atoms with Crippen molar-refractivity contribution in [2.45, 2.75) is 27.5 Å². The van der Waals surface area contributed by atoms with Crippen LogP contribution in [0.4, 0.5) is 65.9 Å². The Morgan fingerprint density at radius 3 is 0.381 bits per heavy atom. The van der Waals surface area contributed by atoms with Gasteiger partial charge in [0.25, 0.3) is 0 Å². The molecule has 0 bridgehead atoms. The molecule has 0 aliphatic rings. The molecule has 0 heterocycles. The largest absolute Gasteiger partial charge is 2.00 e. The zero-order chi connectivity index (χ0) is 35.0. The minimum Gasteiger partial charge on any atom is -0.741 e. The van der Waals surface area contributed by atoms with E-state index in [9.17, 15) is 65.9 Å². The smallest absolute Gasteiger partial charge is 0.741 e. The van der Waals surface area contributed by atoms with Gasteiger partial charge < -0.3 is 18.2 Å². The van der Waals surface area contributed by atoms with Crippen LogP contribution in [-0.4, -0.2) is 92.4 Å². The molecule has 15 nitrogen and oxygen atoms in total. The predicted octanol–water partition coefficient (Wildman–Crippen LogP) is 0.595. The van der Waals surface area contributed by atoms with Gasteiger partial charge in [-0.05, 0) is 0 Å². The van der Waals surface area contributed by atoms with Crippen LogP contribution < -0.4 is 0 Å². The first kappa shape index (κ1) is 57.4. The fourth-order valence-electron chi connectivity index (χ4n) is 0. The van der Waals surface area contributed by atoms with E-state index in [1.807, 2.05) is 0 Å². The topological polar surface area (TPSA) is 283 Å². The molecular formula is C5HF15O15S5Zn2. The van der Waals surface area contributed by atoms with Crippen LogP contribution in [0.2, 0.25) is 0 Å². The predicted molar refractivity (Wildman–Crippen MR) is 80.6 cm³/mol. The van der Waals surface area contributed by atoms with Crippen molar-refractivity contribution in [3.8, 4) is 0 Å². The van der Waals surface area contributed by atoms with Crippen molar-refractivity contribution >= 4 is 50.6 Å². The summed E-state index contributed by atoms with van der Waals surface area (Å²) in [6.45, 7) is 0. The molecule has 0 spiro atoms. The first-order valence-electron chi connectivity index (χ1n) is 6.37. The molecule has 0 atom stereocenters. The molecule has 1 N–H and O–H groups in total. The number of hydrogen-bond donors (Lipinski definition) is 1. The van der Waals surface area contributed by atoms with Crippen LogP contribution in [0.1, 0.15) is 0 Å². The zero-order valence-electron chi connectivity index (χ0n) is 17.8. The molecule has 0 rings (SSSR count). The van der Waals surface area contributed by atoms with Gasteiger partial charge in [0.1, 0.15) is 0 Å². The summed E-state index contributed by atoms with van der Waals surface area (Å²) in [5.41, 5.74) is -28.1. The normalized spacial score (nSPS) is 13.3. The molecule has 37 heteroatoms. The fourth-order valence-corrected chi connectivity index (χ4v) is 0. The van der Waals surface area contributed by atoms with Crippen molar-refractivity contribution in [2.75, 3.05) is 0 Å². The summed E-state index contributed by atoms with van der Waals surface area (Å²) < 4.78 is 293. The standard InChI is InChI=1S/5CHF3O3S.2Zn/c5*2-1(3,4)8(5,6)7;;/h5*(H,5,6,7);;/q;;;;;2*+2/p-4. The van der Waals surface area contributed by atoms with Crippen molar-refractivity contribution in [2.24, 2.45) is 0 Å². The molecule has 0 aliphatic carbocycles. The number of hydrogen-bond acceptors (Lipinski definition) is 14. The fraction of sp³-hybridized carbons (Fsp3) is 1.00. The van der Waals surface area contributed by atoms with Crippen LogP contribution in [0.5, 0.6) is 0 Å². The van der Waals surface area contributed by atoms with E-state index in [4.69, 9.17) is 64.9 Å². The van der Waals surface area contributed by atoms with Crippen LogP contribution in [-0.2, 0) is 89.5 Å². The van der Waals surface area contributed by atoms with Gasteiger partial charge in [-0.2, -0.15) is 74.3 Å². The Morgan fingerprint density at radius 2 is 0.381 bits per heavy atom. The number of alkyl halides is 15. The van der Waals surface area contributed by atoms with E-state index in [1.54, 1.807) is 0 Å². The maximum absolute atomic E-state index is 10.7. The summed E-state index contributed by atoms with van der Waals surface area (Å²) >= 11 is 0. The zero-order valence-corrected chi connectivity index (χ0v) is 27.8. The van der Waals surface area contributed by atoms with Crippen molar-refractivity contribution in [1.82, 2.24) is 0 Å². The maximum Gasteiger partial charge on any atom is 2.00 e. The van der Waals surface area contributed by atoms with Crippen molar-refractivity contribution in [3.05, 3.63) is 0 Å². The third-order valence-electron chi connectivity index (χ3n) is 1.43. The second kappa shape index (κ2) is 18.0. The van der Waals surface area contributed by atoms with E-state index in [1.165, 1.54) is 0 Å². The van der Waals surface area contributed by atoms with Gasteiger partial charge in [0, 0.05) is 0 Å². The first-order valence-corrected chi connectivity index (χ1v) is 13.4. The van der Waals surface area contributed by atoms with Gasteiger partial charge in [0.15, 0.2) is 40.5 Å². The van der Waals surface area contributed by atoms with Gasteiger partial charge in [0.05, 0.1) is 0 Å². The summed E-state index contributed by atoms with van der Waals surface area (Å²) in [6, 6.07) is 0. The summed E-state index contributed by atoms with van der Waals surface area (Å²) in [6.07, 6.45) is 0. The van der Waals surface area contributed by atoms with Gasteiger partial charge >= 0.3 is 76.6 Å². The number of halogens is 15. The van der Waals surface area contributed by atoms with E-state index >= 15 is 0 Å². The SMILES string of the molecule is O=S(=O)(O)C(F)(F)F.O=S(=O)([O-])C(F)(F)F.O=S(=O)([O-])C(F)(F)F.O=S(=O)([O-])C(F)(F)F.O=S(=O)([O-])C(F)(F)F.[Zn+2].[Zn+2]. The van der Waals surface area contributed by atoms with Crippen LogP contribution >= 0.6 is 0 Å². The van der Waals surface area contributed by atoms with Gasteiger partial charge in [-0.1, -0.05) is 0 Å². The maximum atomic E-state index is 10.7. The Bertz CT molecular complexity index is 1070. The van der Waals surface area contributed by atoms with Crippen molar-refractivity contribution in [1.29, 1.82) is 0 Å².